The number of rotatable bonds is 3. The van der Waals surface area contributed by atoms with Crippen molar-refractivity contribution < 1.29 is 17.9 Å². The van der Waals surface area contributed by atoms with Crippen molar-refractivity contribution >= 4 is 11.6 Å². The van der Waals surface area contributed by atoms with E-state index in [1.807, 2.05) is 6.92 Å². The lowest BCUT2D eigenvalue weighted by Gasteiger charge is -2.11. The Bertz CT molecular complexity index is 627. The lowest BCUT2D eigenvalue weighted by molar-refractivity contribution is -0.137. The van der Waals surface area contributed by atoms with Gasteiger partial charge in [-0.05, 0) is 30.7 Å². The van der Waals surface area contributed by atoms with Gasteiger partial charge in [-0.1, -0.05) is 23.7 Å². The molecule has 7 heteroatoms. The molecule has 112 valence electrons. The molecule has 3 nitrogen and oxygen atoms in total. The van der Waals surface area contributed by atoms with Crippen LogP contribution in [0.25, 0.3) is 0 Å². The second-order valence-corrected chi connectivity index (χ2v) is 4.88. The van der Waals surface area contributed by atoms with Crippen molar-refractivity contribution in [3.63, 3.8) is 0 Å². The van der Waals surface area contributed by atoms with E-state index < -0.39 is 11.7 Å². The molecule has 0 aliphatic carbocycles. The van der Waals surface area contributed by atoms with E-state index >= 15 is 0 Å². The van der Waals surface area contributed by atoms with Gasteiger partial charge in [-0.3, -0.25) is 0 Å². The smallest absolute Gasteiger partial charge is 0.417 e. The predicted octanol–water partition coefficient (Wildman–Crippen LogP) is 4.57. The molecule has 0 aliphatic heterocycles. The van der Waals surface area contributed by atoms with Gasteiger partial charge in [0.15, 0.2) is 0 Å². The molecule has 0 saturated carbocycles. The van der Waals surface area contributed by atoms with Crippen molar-refractivity contribution in [2.75, 3.05) is 0 Å². The summed E-state index contributed by atoms with van der Waals surface area (Å²) in [6, 6.07) is 7.48. The van der Waals surface area contributed by atoms with Crippen LogP contribution in [0.4, 0.5) is 13.2 Å². The number of nitrogens with zero attached hydrogens (tertiary/aromatic N) is 1. The molecule has 0 amide bonds. The van der Waals surface area contributed by atoms with Crippen molar-refractivity contribution in [2.45, 2.75) is 19.1 Å². The summed E-state index contributed by atoms with van der Waals surface area (Å²) in [7, 11) is 0. The SMILES string of the molecule is CC(N)c1ccc(Oc2ncc(C(F)(F)F)cc2Cl)cc1. The quantitative estimate of drug-likeness (QED) is 0.902. The molecule has 2 rings (SSSR count). The van der Waals surface area contributed by atoms with E-state index in [0.717, 1.165) is 11.6 Å². The van der Waals surface area contributed by atoms with Gasteiger partial charge >= 0.3 is 6.18 Å². The van der Waals surface area contributed by atoms with E-state index in [2.05, 4.69) is 4.98 Å². The molecule has 1 atom stereocenters. The Morgan fingerprint density at radius 2 is 1.86 bits per heavy atom. The molecule has 1 aromatic heterocycles. The van der Waals surface area contributed by atoms with Crippen molar-refractivity contribution in [3.05, 3.63) is 52.7 Å². The van der Waals surface area contributed by atoms with Gasteiger partial charge in [-0.15, -0.1) is 0 Å². The van der Waals surface area contributed by atoms with Gasteiger partial charge in [-0.2, -0.15) is 13.2 Å². The Labute approximate surface area is 124 Å². The lowest BCUT2D eigenvalue weighted by Crippen LogP contribution is -2.06. The highest BCUT2D eigenvalue weighted by Gasteiger charge is 2.31. The third kappa shape index (κ3) is 3.86. The summed E-state index contributed by atoms with van der Waals surface area (Å²) in [5.41, 5.74) is 5.70. The van der Waals surface area contributed by atoms with Crippen LogP contribution >= 0.6 is 11.6 Å². The van der Waals surface area contributed by atoms with Crippen LogP contribution in [0.2, 0.25) is 5.02 Å². The molecular formula is C14H12ClF3N2O. The Hall–Kier alpha value is -1.79. The maximum Gasteiger partial charge on any atom is 0.417 e. The van der Waals surface area contributed by atoms with Gasteiger partial charge < -0.3 is 10.5 Å². The Morgan fingerprint density at radius 3 is 2.33 bits per heavy atom. The number of aromatic nitrogens is 1. The standard InChI is InChI=1S/C14H12ClF3N2O/c1-8(19)9-2-4-11(5-3-9)21-13-12(15)6-10(7-20-13)14(16,17)18/h2-8H,19H2,1H3. The van der Waals surface area contributed by atoms with Gasteiger partial charge in [0.2, 0.25) is 5.88 Å². The third-order valence-corrected chi connectivity index (χ3v) is 3.03. The first-order valence-electron chi connectivity index (χ1n) is 6.03. The van der Waals surface area contributed by atoms with E-state index in [-0.39, 0.29) is 16.9 Å². The maximum absolute atomic E-state index is 12.5. The minimum atomic E-state index is -4.49. The molecule has 0 bridgehead atoms. The number of pyridine rings is 1. The fraction of sp³-hybridized carbons (Fsp3) is 0.214. The highest BCUT2D eigenvalue weighted by atomic mass is 35.5. The van der Waals surface area contributed by atoms with E-state index in [1.165, 1.54) is 0 Å². The Balaban J connectivity index is 2.20. The third-order valence-electron chi connectivity index (χ3n) is 2.76. The molecule has 0 fully saturated rings. The predicted molar refractivity (Wildman–Crippen MR) is 73.4 cm³/mol. The van der Waals surface area contributed by atoms with E-state index in [1.54, 1.807) is 24.3 Å². The zero-order valence-corrected chi connectivity index (χ0v) is 11.7. The number of nitrogens with two attached hydrogens (primary N) is 1. The van der Waals surface area contributed by atoms with E-state index in [0.29, 0.717) is 11.9 Å². The first-order chi connectivity index (χ1) is 9.77. The summed E-state index contributed by atoms with van der Waals surface area (Å²) in [4.78, 5) is 3.60. The molecule has 2 N–H and O–H groups in total. The van der Waals surface area contributed by atoms with E-state index in [9.17, 15) is 13.2 Å². The van der Waals surface area contributed by atoms with Gasteiger partial charge in [-0.25, -0.2) is 4.98 Å². The van der Waals surface area contributed by atoms with Crippen LogP contribution in [0.5, 0.6) is 11.6 Å². The summed E-state index contributed by atoms with van der Waals surface area (Å²) in [6.07, 6.45) is -3.81. The summed E-state index contributed by atoms with van der Waals surface area (Å²) >= 11 is 5.76. The fourth-order valence-electron chi connectivity index (χ4n) is 1.61. The second kappa shape index (κ2) is 5.91. The van der Waals surface area contributed by atoms with Crippen molar-refractivity contribution in [1.82, 2.24) is 4.98 Å². The average Bonchev–Trinajstić information content (AvgIpc) is 2.40. The zero-order valence-electron chi connectivity index (χ0n) is 11.0. The molecule has 0 spiro atoms. The van der Waals surface area contributed by atoms with Crippen molar-refractivity contribution in [1.29, 1.82) is 0 Å². The van der Waals surface area contributed by atoms with Gasteiger partial charge in [0.1, 0.15) is 10.8 Å². The average molecular weight is 317 g/mol. The minimum Gasteiger partial charge on any atom is -0.438 e. The second-order valence-electron chi connectivity index (χ2n) is 4.47. The summed E-state index contributed by atoms with van der Waals surface area (Å²) in [5, 5.41) is -0.207. The van der Waals surface area contributed by atoms with Crippen LogP contribution in [-0.2, 0) is 6.18 Å². The largest absolute Gasteiger partial charge is 0.438 e. The number of alkyl halides is 3. The van der Waals surface area contributed by atoms with Crippen LogP contribution in [0, 0.1) is 0 Å². The number of halogens is 4. The van der Waals surface area contributed by atoms with Crippen LogP contribution in [0.15, 0.2) is 36.5 Å². The highest BCUT2D eigenvalue weighted by molar-refractivity contribution is 6.31. The minimum absolute atomic E-state index is 0.0850. The molecule has 1 aromatic carbocycles. The van der Waals surface area contributed by atoms with Crippen LogP contribution < -0.4 is 10.5 Å². The molecule has 0 aliphatic rings. The number of benzene rings is 1. The topological polar surface area (TPSA) is 48.1 Å². The van der Waals surface area contributed by atoms with Gasteiger partial charge in [0.05, 0.1) is 5.56 Å². The molecule has 2 aromatic rings. The summed E-state index contributed by atoms with van der Waals surface area (Å²) in [5.74, 6) is 0.326. The fourth-order valence-corrected chi connectivity index (χ4v) is 1.81. The molecular weight excluding hydrogens is 305 g/mol. The Morgan fingerprint density at radius 1 is 1.24 bits per heavy atom. The van der Waals surface area contributed by atoms with Crippen molar-refractivity contribution in [3.8, 4) is 11.6 Å². The van der Waals surface area contributed by atoms with Gasteiger partial charge in [0, 0.05) is 12.2 Å². The number of ether oxygens (including phenoxy) is 1. The summed E-state index contributed by atoms with van der Waals surface area (Å²) < 4.78 is 42.8. The van der Waals surface area contributed by atoms with E-state index in [4.69, 9.17) is 22.1 Å². The van der Waals surface area contributed by atoms with Crippen LogP contribution in [0.3, 0.4) is 0 Å². The normalized spacial score (nSPS) is 13.0. The first kappa shape index (κ1) is 15.6. The molecule has 1 unspecified atom stereocenters. The monoisotopic (exact) mass is 316 g/mol. The Kier molecular flexibility index (Phi) is 4.39. The van der Waals surface area contributed by atoms with Crippen molar-refractivity contribution in [2.24, 2.45) is 5.73 Å². The van der Waals surface area contributed by atoms with Crippen LogP contribution in [-0.4, -0.2) is 4.98 Å². The zero-order chi connectivity index (χ0) is 15.6. The lowest BCUT2D eigenvalue weighted by atomic mass is 10.1. The number of hydrogen-bond acceptors (Lipinski definition) is 3. The molecule has 0 saturated heterocycles. The number of hydrogen-bond donors (Lipinski definition) is 1. The molecule has 21 heavy (non-hydrogen) atoms. The first-order valence-corrected chi connectivity index (χ1v) is 6.41. The summed E-state index contributed by atoms with van der Waals surface area (Å²) in [6.45, 7) is 1.84. The maximum atomic E-state index is 12.5. The van der Waals surface area contributed by atoms with Gasteiger partial charge in [0.25, 0.3) is 0 Å². The van der Waals surface area contributed by atoms with Crippen LogP contribution in [0.1, 0.15) is 24.1 Å². The highest BCUT2D eigenvalue weighted by Crippen LogP contribution is 2.34. The molecule has 1 heterocycles. The molecule has 0 radical (unpaired) electrons.